The molecule has 1 aromatic rings. The molecule has 1 aromatic carbocycles. The number of hydrogen-bond donors (Lipinski definition) is 0. The monoisotopic (exact) mass is 186 g/mol. The zero-order chi connectivity index (χ0) is 9.80. The highest BCUT2D eigenvalue weighted by molar-refractivity contribution is 5.15. The Morgan fingerprint density at radius 1 is 1.36 bits per heavy atom. The van der Waals surface area contributed by atoms with E-state index in [4.69, 9.17) is 0 Å². The van der Waals surface area contributed by atoms with Crippen molar-refractivity contribution in [2.24, 2.45) is 0 Å². The van der Waals surface area contributed by atoms with Gasteiger partial charge >= 0.3 is 0 Å². The van der Waals surface area contributed by atoms with Gasteiger partial charge in [-0.2, -0.15) is 0 Å². The van der Waals surface area contributed by atoms with Gasteiger partial charge in [0.05, 0.1) is 0 Å². The second kappa shape index (κ2) is 4.43. The molecule has 0 spiro atoms. The summed E-state index contributed by atoms with van der Waals surface area (Å²) in [5, 5.41) is 0. The van der Waals surface area contributed by atoms with E-state index in [1.54, 1.807) is 0 Å². The summed E-state index contributed by atoms with van der Waals surface area (Å²) in [7, 11) is 0. The van der Waals surface area contributed by atoms with Crippen molar-refractivity contribution in [3.05, 3.63) is 48.6 Å². The smallest absolute Gasteiger partial charge is 0.0209 e. The minimum atomic E-state index is 0.468. The van der Waals surface area contributed by atoms with Crippen molar-refractivity contribution in [1.82, 2.24) is 4.90 Å². The van der Waals surface area contributed by atoms with Crippen LogP contribution in [0, 0.1) is 6.08 Å². The molecule has 0 amide bonds. The van der Waals surface area contributed by atoms with Crippen LogP contribution in [0.5, 0.6) is 0 Å². The molecule has 1 aliphatic heterocycles. The molecule has 14 heavy (non-hydrogen) atoms. The lowest BCUT2D eigenvalue weighted by atomic mass is 10.2. The van der Waals surface area contributed by atoms with E-state index in [0.29, 0.717) is 6.04 Å². The minimum Gasteiger partial charge on any atom is -0.486 e. The van der Waals surface area contributed by atoms with Gasteiger partial charge in [-0.1, -0.05) is 36.8 Å². The van der Waals surface area contributed by atoms with Crippen LogP contribution in [0.15, 0.2) is 36.9 Å². The third kappa shape index (κ3) is 2.05. The maximum atomic E-state index is 3.77. The van der Waals surface area contributed by atoms with Crippen LogP contribution in [-0.4, -0.2) is 17.5 Å². The predicted octanol–water partition coefficient (Wildman–Crippen LogP) is 2.64. The maximum absolute atomic E-state index is 3.77. The van der Waals surface area contributed by atoms with Crippen molar-refractivity contribution in [1.29, 1.82) is 0 Å². The molecule has 0 bridgehead atoms. The van der Waals surface area contributed by atoms with E-state index in [2.05, 4.69) is 47.9 Å². The van der Waals surface area contributed by atoms with Gasteiger partial charge < -0.3 is 11.0 Å². The molecule has 1 saturated heterocycles. The summed E-state index contributed by atoms with van der Waals surface area (Å²) in [4.78, 5) is 2.45. The normalized spacial score (nSPS) is 22.4. The Bertz CT molecular complexity index is 291. The van der Waals surface area contributed by atoms with E-state index in [-0.39, 0.29) is 0 Å². The maximum Gasteiger partial charge on any atom is 0.0209 e. The van der Waals surface area contributed by atoms with Crippen LogP contribution in [0.4, 0.5) is 0 Å². The van der Waals surface area contributed by atoms with Crippen molar-refractivity contribution in [2.45, 2.75) is 25.4 Å². The van der Waals surface area contributed by atoms with Gasteiger partial charge in [0.1, 0.15) is 0 Å². The number of hydrogen-bond acceptors (Lipinski definition) is 1. The summed E-state index contributed by atoms with van der Waals surface area (Å²) in [6, 6.07) is 11.1. The first-order valence-corrected chi connectivity index (χ1v) is 5.21. The van der Waals surface area contributed by atoms with Gasteiger partial charge in [0.15, 0.2) is 0 Å². The van der Waals surface area contributed by atoms with Gasteiger partial charge in [-0.3, -0.25) is 6.58 Å². The number of rotatable bonds is 3. The third-order valence-electron chi connectivity index (χ3n) is 2.83. The van der Waals surface area contributed by atoms with Crippen LogP contribution < -0.4 is 0 Å². The summed E-state index contributed by atoms with van der Waals surface area (Å²) >= 11 is 0. The van der Waals surface area contributed by atoms with Crippen molar-refractivity contribution in [2.75, 3.05) is 6.54 Å². The van der Waals surface area contributed by atoms with Crippen molar-refractivity contribution < 1.29 is 0 Å². The zero-order valence-corrected chi connectivity index (χ0v) is 8.45. The Labute approximate surface area is 86.1 Å². The van der Waals surface area contributed by atoms with Gasteiger partial charge in [0.2, 0.25) is 0 Å². The average molecular weight is 186 g/mol. The van der Waals surface area contributed by atoms with Crippen LogP contribution in [0.1, 0.15) is 18.4 Å². The Kier molecular flexibility index (Phi) is 3.00. The van der Waals surface area contributed by atoms with E-state index in [1.165, 1.54) is 24.9 Å². The Balaban J connectivity index is 2.00. The molecule has 0 aromatic heterocycles. The van der Waals surface area contributed by atoms with Crippen molar-refractivity contribution in [3.63, 3.8) is 0 Å². The first-order valence-electron chi connectivity index (χ1n) is 5.21. The van der Waals surface area contributed by atoms with E-state index >= 15 is 0 Å². The summed E-state index contributed by atoms with van der Waals surface area (Å²) in [5.41, 5.74) is 1.38. The van der Waals surface area contributed by atoms with Gasteiger partial charge in [-0.05, 0) is 18.5 Å². The lowest BCUT2D eigenvalue weighted by Crippen LogP contribution is -2.27. The van der Waals surface area contributed by atoms with E-state index in [1.807, 2.05) is 0 Å². The topological polar surface area (TPSA) is 3.24 Å². The van der Waals surface area contributed by atoms with Crippen molar-refractivity contribution in [3.8, 4) is 0 Å². The standard InChI is InChI=1S/C13H16N/c1-2-13-9-6-10-14(13)11-12-7-4-3-5-8-12/h3-5,7-8,13H,1,6,9-11H2/q-1/t13-/m1/s1. The molecule has 1 aliphatic rings. The van der Waals surface area contributed by atoms with E-state index in [9.17, 15) is 0 Å². The fourth-order valence-corrected chi connectivity index (χ4v) is 2.06. The third-order valence-corrected chi connectivity index (χ3v) is 2.83. The van der Waals surface area contributed by atoms with Crippen LogP contribution in [0.2, 0.25) is 0 Å². The second-order valence-electron chi connectivity index (χ2n) is 3.82. The molecule has 2 rings (SSSR count). The summed E-state index contributed by atoms with van der Waals surface area (Å²) < 4.78 is 0. The average Bonchev–Trinajstić information content (AvgIpc) is 2.67. The number of likely N-dealkylation sites (tertiary alicyclic amines) is 1. The Hall–Kier alpha value is -1.08. The Morgan fingerprint density at radius 2 is 2.14 bits per heavy atom. The number of benzene rings is 1. The summed E-state index contributed by atoms with van der Waals surface area (Å²) in [5.74, 6) is 0. The Morgan fingerprint density at radius 3 is 2.86 bits per heavy atom. The summed E-state index contributed by atoms with van der Waals surface area (Å²) in [6.45, 7) is 5.99. The van der Waals surface area contributed by atoms with E-state index < -0.39 is 0 Å². The van der Waals surface area contributed by atoms with Gasteiger partial charge in [0, 0.05) is 6.54 Å². The fourth-order valence-electron chi connectivity index (χ4n) is 2.06. The van der Waals surface area contributed by atoms with E-state index in [0.717, 1.165) is 6.54 Å². The highest BCUT2D eigenvalue weighted by Gasteiger charge is 2.14. The minimum absolute atomic E-state index is 0.468. The largest absolute Gasteiger partial charge is 0.486 e. The molecular formula is C13H16N-. The number of nitrogens with zero attached hydrogens (tertiary/aromatic N) is 1. The molecule has 1 heterocycles. The predicted molar refractivity (Wildman–Crippen MR) is 58.7 cm³/mol. The molecule has 1 fully saturated rings. The quantitative estimate of drug-likeness (QED) is 0.656. The molecule has 74 valence electrons. The SMILES string of the molecule is C=[C-][C@@H]1CCCN1Cc1ccccc1. The molecule has 1 heteroatoms. The first-order chi connectivity index (χ1) is 6.90. The molecule has 0 saturated carbocycles. The van der Waals surface area contributed by atoms with Crippen LogP contribution in [-0.2, 0) is 6.54 Å². The van der Waals surface area contributed by atoms with Crippen LogP contribution in [0.25, 0.3) is 0 Å². The van der Waals surface area contributed by atoms with Crippen LogP contribution >= 0.6 is 0 Å². The van der Waals surface area contributed by atoms with Gasteiger partial charge in [0.25, 0.3) is 0 Å². The zero-order valence-electron chi connectivity index (χ0n) is 8.45. The lowest BCUT2D eigenvalue weighted by molar-refractivity contribution is 0.276. The molecule has 0 aliphatic carbocycles. The highest BCUT2D eigenvalue weighted by atomic mass is 15.2. The first kappa shape index (κ1) is 9.47. The van der Waals surface area contributed by atoms with Gasteiger partial charge in [-0.15, -0.1) is 6.04 Å². The molecule has 1 atom stereocenters. The molecule has 1 nitrogen and oxygen atoms in total. The molecule has 0 N–H and O–H groups in total. The second-order valence-corrected chi connectivity index (χ2v) is 3.82. The molecule has 0 unspecified atom stereocenters. The highest BCUT2D eigenvalue weighted by Crippen LogP contribution is 2.19. The summed E-state index contributed by atoms with van der Waals surface area (Å²) in [6.07, 6.45) is 5.61. The van der Waals surface area contributed by atoms with Crippen LogP contribution in [0.3, 0.4) is 0 Å². The lowest BCUT2D eigenvalue weighted by Gasteiger charge is -2.29. The van der Waals surface area contributed by atoms with Gasteiger partial charge in [-0.25, -0.2) is 0 Å². The van der Waals surface area contributed by atoms with Crippen molar-refractivity contribution >= 4 is 0 Å². The fraction of sp³-hybridized carbons (Fsp3) is 0.385. The molecular weight excluding hydrogens is 170 g/mol. The molecule has 0 radical (unpaired) electrons.